The average molecular weight is 694 g/mol. The van der Waals surface area contributed by atoms with Crippen LogP contribution in [0.3, 0.4) is 0 Å². The molecule has 0 atom stereocenters. The minimum atomic E-state index is -0.491. The van der Waals surface area contributed by atoms with E-state index in [1.807, 2.05) is 0 Å². The Balaban J connectivity index is 1.34. The Hall–Kier alpha value is -1.90. The van der Waals surface area contributed by atoms with E-state index in [1.165, 1.54) is 21.9 Å². The maximum absolute atomic E-state index is 13.1. The number of halogens is 4. The minimum Gasteiger partial charge on any atom is -0.326 e. The molecule has 4 rings (SSSR count). The second-order valence-corrected chi connectivity index (χ2v) is 13.1. The molecule has 40 heavy (non-hydrogen) atoms. The highest BCUT2D eigenvalue weighted by atomic mass is 35.5. The summed E-state index contributed by atoms with van der Waals surface area (Å²) in [4.78, 5) is 53.9. The number of carbonyl (C=O) groups excluding carboxylic acids is 4. The molecule has 0 bridgehead atoms. The summed E-state index contributed by atoms with van der Waals surface area (Å²) in [6, 6.07) is 9.34. The largest absolute Gasteiger partial charge is 0.326 e. The summed E-state index contributed by atoms with van der Waals surface area (Å²) in [5.41, 5.74) is 0.915. The van der Waals surface area contributed by atoms with E-state index in [0.717, 1.165) is 23.5 Å². The van der Waals surface area contributed by atoms with Gasteiger partial charge >= 0.3 is 0 Å². The number of amides is 4. The van der Waals surface area contributed by atoms with Crippen molar-refractivity contribution in [3.05, 3.63) is 66.3 Å². The molecule has 0 aliphatic carbocycles. The lowest BCUT2D eigenvalue weighted by Crippen LogP contribution is -2.33. The molecule has 0 spiro atoms. The van der Waals surface area contributed by atoms with Crippen LogP contribution in [0.5, 0.6) is 0 Å². The summed E-state index contributed by atoms with van der Waals surface area (Å²) in [5.74, 6) is -1.71. The molecular weight excluding hydrogens is 678 g/mol. The predicted molar refractivity (Wildman–Crippen MR) is 170 cm³/mol. The van der Waals surface area contributed by atoms with Gasteiger partial charge in [0, 0.05) is 37.3 Å². The van der Waals surface area contributed by atoms with Gasteiger partial charge in [0.05, 0.1) is 29.9 Å². The average Bonchev–Trinajstić information content (AvgIpc) is 3.34. The van der Waals surface area contributed by atoms with Crippen LogP contribution >= 0.6 is 94.4 Å². The standard InChI is InChI=1S/C24H16Cl4N4O4S4/c25-13-3-1-11(9-15(13)27)29-17(33)5-7-31-21(35)19(39-23(31)37)20-22(36)32(24(38)40-20)8-6-18(34)30-12-2-4-14(26)16(28)10-12/h1-4,9-10H,5-8H2,(H,29,33)(H,30,34). The van der Waals surface area contributed by atoms with Crippen LogP contribution < -0.4 is 10.6 Å². The fourth-order valence-corrected chi connectivity index (χ4v) is 6.84. The van der Waals surface area contributed by atoms with Crippen molar-refractivity contribution >= 4 is 138 Å². The third kappa shape index (κ3) is 7.29. The van der Waals surface area contributed by atoms with Crippen LogP contribution in [0.1, 0.15) is 12.8 Å². The van der Waals surface area contributed by atoms with Crippen molar-refractivity contribution in [2.24, 2.45) is 0 Å². The van der Waals surface area contributed by atoms with Gasteiger partial charge in [-0.1, -0.05) is 94.4 Å². The first kappa shape index (κ1) is 31.0. The SMILES string of the molecule is O=C(CCN1C(=O)C(=C2SC(=S)N(CCC(=O)Nc3ccc(Cl)c(Cl)c3)C2=O)SC1=S)Nc1ccc(Cl)c(Cl)c1. The molecule has 8 nitrogen and oxygen atoms in total. The molecule has 16 heteroatoms. The van der Waals surface area contributed by atoms with Crippen molar-refractivity contribution < 1.29 is 19.2 Å². The highest BCUT2D eigenvalue weighted by Crippen LogP contribution is 2.42. The molecule has 2 aromatic carbocycles. The number of nitrogens with zero attached hydrogens (tertiary/aromatic N) is 2. The normalized spacial score (nSPS) is 17.2. The number of thiocarbonyl (C=S) groups is 2. The third-order valence-electron chi connectivity index (χ3n) is 5.44. The lowest BCUT2D eigenvalue weighted by atomic mass is 10.3. The Morgan fingerprint density at radius 3 is 1.40 bits per heavy atom. The molecule has 2 N–H and O–H groups in total. The molecule has 4 amide bonds. The number of nitrogens with one attached hydrogen (secondary N) is 2. The highest BCUT2D eigenvalue weighted by Gasteiger charge is 2.42. The fourth-order valence-electron chi connectivity index (χ4n) is 3.48. The zero-order valence-electron chi connectivity index (χ0n) is 20.0. The van der Waals surface area contributed by atoms with Crippen molar-refractivity contribution in [1.82, 2.24) is 9.80 Å². The lowest BCUT2D eigenvalue weighted by molar-refractivity contribution is -0.125. The Kier molecular flexibility index (Phi) is 10.4. The molecule has 2 fully saturated rings. The van der Waals surface area contributed by atoms with Crippen LogP contribution in [0.15, 0.2) is 46.2 Å². The summed E-state index contributed by atoms with van der Waals surface area (Å²) in [6.45, 7) is 0.0208. The lowest BCUT2D eigenvalue weighted by Gasteiger charge is -2.15. The summed E-state index contributed by atoms with van der Waals surface area (Å²) in [5, 5.41) is 6.66. The van der Waals surface area contributed by atoms with Crippen LogP contribution in [-0.4, -0.2) is 55.2 Å². The highest BCUT2D eigenvalue weighted by molar-refractivity contribution is 8.29. The molecule has 0 saturated carbocycles. The van der Waals surface area contributed by atoms with E-state index in [0.29, 0.717) is 31.5 Å². The monoisotopic (exact) mass is 692 g/mol. The first-order valence-electron chi connectivity index (χ1n) is 11.3. The maximum atomic E-state index is 13.1. The first-order valence-corrected chi connectivity index (χ1v) is 15.2. The number of hydrogen-bond acceptors (Lipinski definition) is 8. The number of thioether (sulfide) groups is 2. The van der Waals surface area contributed by atoms with Gasteiger partial charge in [-0.2, -0.15) is 0 Å². The van der Waals surface area contributed by atoms with E-state index in [9.17, 15) is 19.2 Å². The van der Waals surface area contributed by atoms with Gasteiger partial charge in [-0.15, -0.1) is 0 Å². The van der Waals surface area contributed by atoms with Gasteiger partial charge in [-0.25, -0.2) is 0 Å². The molecule has 2 saturated heterocycles. The van der Waals surface area contributed by atoms with Crippen LogP contribution in [0.25, 0.3) is 0 Å². The molecule has 208 valence electrons. The Morgan fingerprint density at radius 1 is 0.675 bits per heavy atom. The van der Waals surface area contributed by atoms with Crippen LogP contribution in [0.2, 0.25) is 20.1 Å². The first-order chi connectivity index (χ1) is 18.9. The van der Waals surface area contributed by atoms with Crippen molar-refractivity contribution in [1.29, 1.82) is 0 Å². The van der Waals surface area contributed by atoms with E-state index >= 15 is 0 Å². The van der Waals surface area contributed by atoms with Gasteiger partial charge in [0.1, 0.15) is 8.64 Å². The second-order valence-electron chi connectivity index (χ2n) is 8.16. The Labute approximate surface area is 268 Å². The summed E-state index contributed by atoms with van der Waals surface area (Å²) in [6.07, 6.45) is -0.0935. The van der Waals surface area contributed by atoms with Crippen LogP contribution in [-0.2, 0) is 19.2 Å². The topological polar surface area (TPSA) is 98.8 Å². The molecule has 2 aliphatic rings. The zero-order valence-corrected chi connectivity index (χ0v) is 26.3. The Bertz CT molecular complexity index is 1390. The number of rotatable bonds is 8. The number of anilines is 2. The van der Waals surface area contributed by atoms with Gasteiger partial charge in [0.2, 0.25) is 11.8 Å². The molecule has 2 heterocycles. The summed E-state index contributed by atoms with van der Waals surface area (Å²) in [7, 11) is 0. The van der Waals surface area contributed by atoms with Gasteiger partial charge in [0.25, 0.3) is 11.8 Å². The Morgan fingerprint density at radius 2 is 1.05 bits per heavy atom. The van der Waals surface area contributed by atoms with E-state index in [2.05, 4.69) is 10.6 Å². The van der Waals surface area contributed by atoms with Crippen molar-refractivity contribution in [2.75, 3.05) is 23.7 Å². The summed E-state index contributed by atoms with van der Waals surface area (Å²) >= 11 is 36.3. The van der Waals surface area contributed by atoms with Gasteiger partial charge < -0.3 is 10.6 Å². The number of hydrogen-bond donors (Lipinski definition) is 2. The maximum Gasteiger partial charge on any atom is 0.267 e. The third-order valence-corrected chi connectivity index (χ3v) is 9.94. The van der Waals surface area contributed by atoms with E-state index in [4.69, 9.17) is 70.8 Å². The minimum absolute atomic E-state index is 0.0104. The molecule has 0 aromatic heterocycles. The predicted octanol–water partition coefficient (Wildman–Crippen LogP) is 6.59. The van der Waals surface area contributed by atoms with Gasteiger partial charge in [0.15, 0.2) is 0 Å². The molecular formula is C24H16Cl4N4O4S4. The van der Waals surface area contributed by atoms with Crippen LogP contribution in [0, 0.1) is 0 Å². The smallest absolute Gasteiger partial charge is 0.267 e. The number of carbonyl (C=O) groups is 4. The molecule has 0 radical (unpaired) electrons. The zero-order chi connectivity index (χ0) is 29.1. The van der Waals surface area contributed by atoms with Crippen molar-refractivity contribution in [2.45, 2.75) is 12.8 Å². The van der Waals surface area contributed by atoms with Crippen LogP contribution in [0.4, 0.5) is 11.4 Å². The van der Waals surface area contributed by atoms with Gasteiger partial charge in [-0.3, -0.25) is 29.0 Å². The quantitative estimate of drug-likeness (QED) is 0.236. The van der Waals surface area contributed by atoms with Crippen molar-refractivity contribution in [3.8, 4) is 0 Å². The van der Waals surface area contributed by atoms with Gasteiger partial charge in [-0.05, 0) is 36.4 Å². The second kappa shape index (κ2) is 13.4. The van der Waals surface area contributed by atoms with E-state index in [1.54, 1.807) is 24.3 Å². The summed E-state index contributed by atoms with van der Waals surface area (Å²) < 4.78 is 0.433. The van der Waals surface area contributed by atoms with Crippen molar-refractivity contribution in [3.63, 3.8) is 0 Å². The molecule has 2 aliphatic heterocycles. The number of benzene rings is 2. The fraction of sp³-hybridized carbons (Fsp3) is 0.167. The van der Waals surface area contributed by atoms with E-state index in [-0.39, 0.29) is 56.2 Å². The molecule has 2 aromatic rings. The molecule has 0 unspecified atom stereocenters. The van der Waals surface area contributed by atoms with E-state index < -0.39 is 11.8 Å².